The first-order valence-corrected chi connectivity index (χ1v) is 7.58. The van der Waals surface area contributed by atoms with Gasteiger partial charge in [-0.1, -0.05) is 18.2 Å². The van der Waals surface area contributed by atoms with Crippen LogP contribution in [0.5, 0.6) is 17.2 Å². The Morgan fingerprint density at radius 3 is 2.68 bits per heavy atom. The third-order valence-corrected chi connectivity index (χ3v) is 4.13. The molecule has 2 heterocycles. The quantitative estimate of drug-likeness (QED) is 0.748. The van der Waals surface area contributed by atoms with Gasteiger partial charge in [-0.05, 0) is 24.3 Å². The molecule has 1 aliphatic heterocycles. The minimum atomic E-state index is -0.692. The average Bonchev–Trinajstić information content (AvgIpc) is 3.08. The van der Waals surface area contributed by atoms with Gasteiger partial charge in [0.1, 0.15) is 11.3 Å². The summed E-state index contributed by atoms with van der Waals surface area (Å²) >= 11 is 0. The van der Waals surface area contributed by atoms with Gasteiger partial charge in [0.2, 0.25) is 6.79 Å². The number of pyridine rings is 1. The lowest BCUT2D eigenvalue weighted by atomic mass is 10.1. The predicted octanol–water partition coefficient (Wildman–Crippen LogP) is 2.23. The Morgan fingerprint density at radius 1 is 1.16 bits per heavy atom. The summed E-state index contributed by atoms with van der Waals surface area (Å²) in [6.45, 7) is 0.0161. The second-order valence-corrected chi connectivity index (χ2v) is 5.60. The topological polar surface area (TPSA) is 89.8 Å². The van der Waals surface area contributed by atoms with Crippen LogP contribution < -0.4 is 20.3 Å². The van der Waals surface area contributed by atoms with Crippen LogP contribution in [0.1, 0.15) is 10.4 Å². The van der Waals surface area contributed by atoms with Crippen LogP contribution in [0.2, 0.25) is 0 Å². The maximum Gasteiger partial charge on any atom is 0.267 e. The molecule has 2 N–H and O–H groups in total. The van der Waals surface area contributed by atoms with E-state index in [4.69, 9.17) is 9.47 Å². The van der Waals surface area contributed by atoms with E-state index in [1.54, 1.807) is 36.4 Å². The van der Waals surface area contributed by atoms with E-state index < -0.39 is 17.2 Å². The smallest absolute Gasteiger partial charge is 0.267 e. The van der Waals surface area contributed by atoms with E-state index in [2.05, 4.69) is 5.32 Å². The number of anilines is 1. The first-order chi connectivity index (χ1) is 12.1. The Morgan fingerprint density at radius 2 is 1.92 bits per heavy atom. The highest BCUT2D eigenvalue weighted by Crippen LogP contribution is 2.43. The van der Waals surface area contributed by atoms with Crippen LogP contribution in [0, 0.1) is 0 Å². The number of amides is 1. The van der Waals surface area contributed by atoms with E-state index in [1.165, 1.54) is 11.6 Å². The number of aromatic hydroxyl groups is 1. The Bertz CT molecular complexity index is 1060. The van der Waals surface area contributed by atoms with Gasteiger partial charge in [-0.3, -0.25) is 9.59 Å². The molecule has 0 aliphatic carbocycles. The summed E-state index contributed by atoms with van der Waals surface area (Å²) in [5.41, 5.74) is 0.0231. The highest BCUT2D eigenvalue weighted by molar-refractivity contribution is 6.10. The van der Waals surface area contributed by atoms with Crippen molar-refractivity contribution in [2.45, 2.75) is 0 Å². The average molecular weight is 338 g/mol. The van der Waals surface area contributed by atoms with Gasteiger partial charge in [-0.15, -0.1) is 0 Å². The zero-order chi connectivity index (χ0) is 17.6. The van der Waals surface area contributed by atoms with E-state index >= 15 is 0 Å². The molecule has 25 heavy (non-hydrogen) atoms. The molecule has 4 rings (SSSR count). The van der Waals surface area contributed by atoms with Crippen molar-refractivity contribution in [3.63, 3.8) is 0 Å². The molecule has 0 saturated heterocycles. The van der Waals surface area contributed by atoms with Crippen LogP contribution in [0.3, 0.4) is 0 Å². The third kappa shape index (κ3) is 2.28. The number of hydrogen-bond donors (Lipinski definition) is 2. The minimum absolute atomic E-state index is 0.0161. The van der Waals surface area contributed by atoms with Crippen LogP contribution in [-0.4, -0.2) is 22.4 Å². The van der Waals surface area contributed by atoms with Crippen LogP contribution in [0.25, 0.3) is 10.9 Å². The number of ether oxygens (including phenoxy) is 2. The van der Waals surface area contributed by atoms with Crippen molar-refractivity contribution in [2.24, 2.45) is 7.05 Å². The Labute approximate surface area is 142 Å². The largest absolute Gasteiger partial charge is 0.506 e. The summed E-state index contributed by atoms with van der Waals surface area (Å²) in [4.78, 5) is 25.2. The summed E-state index contributed by atoms with van der Waals surface area (Å²) in [5.74, 6) is -0.341. The number of fused-ring (bicyclic) bond motifs is 3. The number of hydrogen-bond acceptors (Lipinski definition) is 5. The molecule has 0 bridgehead atoms. The highest BCUT2D eigenvalue weighted by atomic mass is 16.7. The molecule has 1 aromatic heterocycles. The van der Waals surface area contributed by atoms with Crippen molar-refractivity contribution < 1.29 is 19.4 Å². The number of aryl methyl sites for hydroxylation is 1. The van der Waals surface area contributed by atoms with Crippen molar-refractivity contribution in [1.29, 1.82) is 0 Å². The summed E-state index contributed by atoms with van der Waals surface area (Å²) < 4.78 is 12.0. The molecular weight excluding hydrogens is 324 g/mol. The molecule has 7 nitrogen and oxygen atoms in total. The van der Waals surface area contributed by atoms with Gasteiger partial charge in [-0.25, -0.2) is 0 Å². The molecule has 0 spiro atoms. The van der Waals surface area contributed by atoms with E-state index in [-0.39, 0.29) is 17.7 Å². The van der Waals surface area contributed by atoms with Crippen molar-refractivity contribution in [3.8, 4) is 17.2 Å². The fourth-order valence-electron chi connectivity index (χ4n) is 2.89. The molecule has 3 aromatic rings. The third-order valence-electron chi connectivity index (χ3n) is 4.13. The van der Waals surface area contributed by atoms with E-state index in [0.29, 0.717) is 22.7 Å². The molecular formula is C18H14N2O5. The second kappa shape index (κ2) is 5.55. The molecule has 126 valence electrons. The van der Waals surface area contributed by atoms with Crippen molar-refractivity contribution in [1.82, 2.24) is 4.57 Å². The number of carbonyl (C=O) groups excluding carboxylic acids is 1. The number of nitrogens with one attached hydrogen (secondary N) is 1. The van der Waals surface area contributed by atoms with Gasteiger partial charge >= 0.3 is 0 Å². The number of rotatable bonds is 2. The van der Waals surface area contributed by atoms with Crippen LogP contribution in [0.4, 0.5) is 5.69 Å². The van der Waals surface area contributed by atoms with Gasteiger partial charge < -0.3 is 24.5 Å². The molecule has 0 unspecified atom stereocenters. The Hall–Kier alpha value is -3.48. The molecule has 1 amide bonds. The number of nitrogens with zero attached hydrogens (tertiary/aromatic N) is 1. The molecule has 2 aromatic carbocycles. The Kier molecular flexibility index (Phi) is 3.35. The SMILES string of the molecule is Cn1c(=O)c(C(=O)Nc2ccccc2)c(O)c2c3c(ccc21)OCO3. The maximum atomic E-state index is 12.6. The summed E-state index contributed by atoms with van der Waals surface area (Å²) in [6.07, 6.45) is 0. The standard InChI is InChI=1S/C18H14N2O5/c1-20-11-7-8-12-16(25-9-24-12)13(11)15(21)14(18(20)23)17(22)19-10-5-3-2-4-6-10/h2-8,21H,9H2,1H3,(H,19,22). The van der Waals surface area contributed by atoms with Gasteiger partial charge in [0, 0.05) is 12.7 Å². The Balaban J connectivity index is 1.92. The summed E-state index contributed by atoms with van der Waals surface area (Å²) in [6, 6.07) is 12.0. The van der Waals surface area contributed by atoms with Gasteiger partial charge in [0.15, 0.2) is 11.5 Å². The lowest BCUT2D eigenvalue weighted by Gasteiger charge is -2.13. The number of aromatic nitrogens is 1. The molecule has 0 saturated carbocycles. The van der Waals surface area contributed by atoms with E-state index in [1.807, 2.05) is 6.07 Å². The fourth-order valence-corrected chi connectivity index (χ4v) is 2.89. The lowest BCUT2D eigenvalue weighted by molar-refractivity contribution is 0.102. The van der Waals surface area contributed by atoms with Gasteiger partial charge in [0.25, 0.3) is 11.5 Å². The lowest BCUT2D eigenvalue weighted by Crippen LogP contribution is -2.28. The first kappa shape index (κ1) is 15.1. The molecule has 0 atom stereocenters. The minimum Gasteiger partial charge on any atom is -0.506 e. The molecule has 0 radical (unpaired) electrons. The van der Waals surface area contributed by atoms with Crippen LogP contribution in [-0.2, 0) is 7.05 Å². The second-order valence-electron chi connectivity index (χ2n) is 5.60. The van der Waals surface area contributed by atoms with Crippen LogP contribution in [0.15, 0.2) is 47.3 Å². The molecule has 1 aliphatic rings. The van der Waals surface area contributed by atoms with Gasteiger partial charge in [0.05, 0.1) is 10.9 Å². The zero-order valence-corrected chi connectivity index (χ0v) is 13.3. The number of carbonyl (C=O) groups is 1. The fraction of sp³-hybridized carbons (Fsp3) is 0.111. The van der Waals surface area contributed by atoms with E-state index in [0.717, 1.165) is 0 Å². The number of benzene rings is 2. The normalized spacial score (nSPS) is 12.4. The van der Waals surface area contributed by atoms with Crippen molar-refractivity contribution >= 4 is 22.5 Å². The molecule has 7 heteroatoms. The highest BCUT2D eigenvalue weighted by Gasteiger charge is 2.27. The number of para-hydroxylation sites is 1. The molecule has 0 fully saturated rings. The summed E-state index contributed by atoms with van der Waals surface area (Å²) in [5, 5.41) is 13.5. The van der Waals surface area contributed by atoms with E-state index in [9.17, 15) is 14.7 Å². The summed E-state index contributed by atoms with van der Waals surface area (Å²) in [7, 11) is 1.53. The van der Waals surface area contributed by atoms with Crippen molar-refractivity contribution in [3.05, 3.63) is 58.4 Å². The van der Waals surface area contributed by atoms with Crippen LogP contribution >= 0.6 is 0 Å². The maximum absolute atomic E-state index is 12.6. The van der Waals surface area contributed by atoms with Gasteiger partial charge in [-0.2, -0.15) is 0 Å². The zero-order valence-electron chi connectivity index (χ0n) is 13.3. The first-order valence-electron chi connectivity index (χ1n) is 7.58. The monoisotopic (exact) mass is 338 g/mol. The van der Waals surface area contributed by atoms with Crippen molar-refractivity contribution in [2.75, 3.05) is 12.1 Å². The predicted molar refractivity (Wildman–Crippen MR) is 91.4 cm³/mol.